The van der Waals surface area contributed by atoms with E-state index in [0.717, 1.165) is 46.5 Å². The molecule has 6 heterocycles. The third-order valence-corrected chi connectivity index (χ3v) is 12.3. The number of methoxy groups -OCH3 is 2. The summed E-state index contributed by atoms with van der Waals surface area (Å²) < 4.78 is 27.2. The van der Waals surface area contributed by atoms with Crippen LogP contribution in [0.2, 0.25) is 0 Å². The molecule has 2 aromatic carbocycles. The van der Waals surface area contributed by atoms with E-state index < -0.39 is 36.1 Å². The lowest BCUT2D eigenvalue weighted by atomic mass is 9.90. The molecule has 0 bridgehead atoms. The first-order chi connectivity index (χ1) is 29.6. The van der Waals surface area contributed by atoms with Gasteiger partial charge >= 0.3 is 12.2 Å². The van der Waals surface area contributed by atoms with Crippen LogP contribution in [-0.2, 0) is 33.3 Å². The zero-order chi connectivity index (χ0) is 42.7. The number of imidazole rings is 2. The van der Waals surface area contributed by atoms with Crippen LogP contribution >= 0.6 is 0 Å². The number of H-pyrrole nitrogens is 2. The molecule has 4 atom stereocenters. The Balaban J connectivity index is 0.939. The lowest BCUT2D eigenvalue weighted by Crippen LogP contribution is -2.53. The molecule has 4 amide bonds. The molecular weight excluding hydrogens is 785 g/mol. The summed E-state index contributed by atoms with van der Waals surface area (Å²) in [7, 11) is 2.57. The first kappa shape index (κ1) is 41.9. The Kier molecular flexibility index (Phi) is 12.4. The second kappa shape index (κ2) is 18.1. The van der Waals surface area contributed by atoms with Crippen LogP contribution in [0.3, 0.4) is 0 Å². The zero-order valence-corrected chi connectivity index (χ0v) is 35.0. The van der Waals surface area contributed by atoms with Gasteiger partial charge < -0.3 is 54.1 Å². The first-order valence-electron chi connectivity index (χ1n) is 21.0. The van der Waals surface area contributed by atoms with E-state index in [1.54, 1.807) is 17.3 Å². The third kappa shape index (κ3) is 8.85. The van der Waals surface area contributed by atoms with Gasteiger partial charge in [0.2, 0.25) is 11.8 Å². The maximum Gasteiger partial charge on any atom is 0.407 e. The lowest BCUT2D eigenvalue weighted by Gasteiger charge is -2.34. The summed E-state index contributed by atoms with van der Waals surface area (Å²) in [5.74, 6) is -0.233. The van der Waals surface area contributed by atoms with Gasteiger partial charge in [-0.2, -0.15) is 0 Å². The van der Waals surface area contributed by atoms with Gasteiger partial charge in [0.25, 0.3) is 0 Å². The quantitative estimate of drug-likeness (QED) is 0.152. The van der Waals surface area contributed by atoms with Gasteiger partial charge in [-0.25, -0.2) is 19.6 Å². The fourth-order valence-corrected chi connectivity index (χ4v) is 9.00. The van der Waals surface area contributed by atoms with Gasteiger partial charge in [-0.3, -0.25) is 9.59 Å². The van der Waals surface area contributed by atoms with E-state index in [1.807, 2.05) is 43.0 Å². The number of nitrogens with zero attached hydrogens (tertiary/aromatic N) is 4. The van der Waals surface area contributed by atoms with Crippen molar-refractivity contribution in [2.75, 3.05) is 53.7 Å². The number of aromatic nitrogens is 4. The number of carbonyl (C=O) groups is 4. The number of hydrogen-bond acceptors (Lipinski definition) is 11. The van der Waals surface area contributed by atoms with Crippen molar-refractivity contribution in [3.8, 4) is 33.6 Å². The lowest BCUT2D eigenvalue weighted by molar-refractivity contribution is -0.153. The molecule has 17 heteroatoms. The number of rotatable bonds is 11. The summed E-state index contributed by atoms with van der Waals surface area (Å²) in [6.45, 7) is 6.51. The van der Waals surface area contributed by atoms with Crippen molar-refractivity contribution in [3.63, 3.8) is 0 Å². The predicted molar refractivity (Wildman–Crippen MR) is 221 cm³/mol. The second-order valence-electron chi connectivity index (χ2n) is 16.4. The van der Waals surface area contributed by atoms with Crippen molar-refractivity contribution in [3.05, 3.63) is 72.6 Å². The molecule has 4 aliphatic heterocycles. The highest BCUT2D eigenvalue weighted by Crippen LogP contribution is 2.43. The Morgan fingerprint density at radius 2 is 1.26 bits per heavy atom. The van der Waals surface area contributed by atoms with Crippen molar-refractivity contribution in [2.24, 2.45) is 11.8 Å². The van der Waals surface area contributed by atoms with Gasteiger partial charge in [0.1, 0.15) is 23.7 Å². The van der Waals surface area contributed by atoms with Crippen molar-refractivity contribution < 1.29 is 42.9 Å². The molecular formula is C44H54N8O9. The number of likely N-dealkylation sites (tertiary alicyclic amines) is 2. The molecule has 17 nitrogen and oxygen atoms in total. The molecule has 0 radical (unpaired) electrons. The van der Waals surface area contributed by atoms with Crippen LogP contribution in [0.1, 0.15) is 69.7 Å². The van der Waals surface area contributed by atoms with Crippen LogP contribution in [0.15, 0.2) is 60.9 Å². The predicted octanol–water partition coefficient (Wildman–Crippen LogP) is 5.35. The Bertz CT molecular complexity index is 2180. The molecule has 4 fully saturated rings. The molecule has 4 unspecified atom stereocenters. The number of amides is 4. The van der Waals surface area contributed by atoms with Crippen molar-refractivity contribution in [2.45, 2.75) is 75.9 Å². The highest BCUT2D eigenvalue weighted by Gasteiger charge is 2.53. The monoisotopic (exact) mass is 838 g/mol. The van der Waals surface area contributed by atoms with Gasteiger partial charge in [0, 0.05) is 26.2 Å². The van der Waals surface area contributed by atoms with E-state index in [2.05, 4.69) is 44.9 Å². The number of hydrogen-bond donors (Lipinski definition) is 4. The summed E-state index contributed by atoms with van der Waals surface area (Å²) in [4.78, 5) is 72.2. The molecule has 4 aromatic rings. The van der Waals surface area contributed by atoms with Gasteiger partial charge in [0.15, 0.2) is 5.79 Å². The summed E-state index contributed by atoms with van der Waals surface area (Å²) in [6, 6.07) is 14.2. The minimum atomic E-state index is -0.936. The van der Waals surface area contributed by atoms with E-state index in [9.17, 15) is 19.2 Å². The topological polar surface area (TPSA) is 202 Å². The molecule has 1 spiro atoms. The van der Waals surface area contributed by atoms with E-state index in [4.69, 9.17) is 33.7 Å². The van der Waals surface area contributed by atoms with Gasteiger partial charge in [-0.15, -0.1) is 0 Å². The number of alkyl carbamates (subject to hydrolysis) is 2. The van der Waals surface area contributed by atoms with E-state index in [0.29, 0.717) is 63.9 Å². The SMILES string of the molecule is COC(=O)NC(C(=O)N1CC2(CC1c1ncc(-c3ccc(-c4ccc(-c5cnc(C6CCCN6C(=O)C(NC(=O)OC)C6CCOCC6)[nH]5)cc4)cc3)[nH]1)OCCO2)C(C)C. The van der Waals surface area contributed by atoms with Gasteiger partial charge in [-0.05, 0) is 59.8 Å². The number of ether oxygens (including phenoxy) is 5. The Morgan fingerprint density at radius 1 is 0.721 bits per heavy atom. The van der Waals surface area contributed by atoms with E-state index >= 15 is 0 Å². The number of aromatic amines is 2. The molecule has 4 aliphatic rings. The van der Waals surface area contributed by atoms with Crippen LogP contribution in [0.5, 0.6) is 0 Å². The van der Waals surface area contributed by atoms with Crippen LogP contribution in [0.4, 0.5) is 9.59 Å². The van der Waals surface area contributed by atoms with Crippen LogP contribution in [0, 0.1) is 11.8 Å². The summed E-state index contributed by atoms with van der Waals surface area (Å²) in [5.41, 5.74) is 5.59. The highest BCUT2D eigenvalue weighted by molar-refractivity contribution is 5.87. The van der Waals surface area contributed by atoms with E-state index in [1.165, 1.54) is 14.2 Å². The van der Waals surface area contributed by atoms with E-state index in [-0.39, 0.29) is 36.2 Å². The summed E-state index contributed by atoms with van der Waals surface area (Å²) in [6.07, 6.45) is 5.65. The first-order valence-corrected chi connectivity index (χ1v) is 21.0. The Labute approximate surface area is 354 Å². The Hall–Kier alpha value is -5.78. The molecule has 61 heavy (non-hydrogen) atoms. The van der Waals surface area contributed by atoms with Crippen LogP contribution < -0.4 is 10.6 Å². The molecule has 8 rings (SSSR count). The molecule has 4 saturated heterocycles. The second-order valence-corrected chi connectivity index (χ2v) is 16.4. The van der Waals surface area contributed by atoms with Crippen LogP contribution in [-0.4, -0.2) is 125 Å². The fraction of sp³-hybridized carbons (Fsp3) is 0.500. The van der Waals surface area contributed by atoms with Crippen molar-refractivity contribution >= 4 is 24.0 Å². The van der Waals surface area contributed by atoms with Crippen molar-refractivity contribution in [1.29, 1.82) is 0 Å². The van der Waals surface area contributed by atoms with Gasteiger partial charge in [-0.1, -0.05) is 62.4 Å². The molecule has 0 saturated carbocycles. The van der Waals surface area contributed by atoms with Crippen LogP contribution in [0.25, 0.3) is 33.6 Å². The standard InChI is InChI=1S/C44H54N8O9/c1-26(2)36(49-42(55)57-3)40(53)52-25-44(60-20-21-61-44)22-35(52)39-46-24-33(48-39)30-13-9-28(10-14-30)27-7-11-29(12-8-27)32-23-45-38(47-32)34-6-5-17-51(34)41(54)37(50-43(56)58-4)31-15-18-59-19-16-31/h7-14,23-24,26,31,34-37H,5-6,15-22,25H2,1-4H3,(H,45,47)(H,46,48)(H,49,55)(H,50,56). The summed E-state index contributed by atoms with van der Waals surface area (Å²) in [5, 5.41) is 5.50. The highest BCUT2D eigenvalue weighted by atomic mass is 16.7. The molecule has 2 aromatic heterocycles. The van der Waals surface area contributed by atoms with Gasteiger partial charge in [0.05, 0.1) is 69.8 Å². The van der Waals surface area contributed by atoms with Crippen molar-refractivity contribution in [1.82, 2.24) is 40.4 Å². The zero-order valence-electron chi connectivity index (χ0n) is 35.0. The fourth-order valence-electron chi connectivity index (χ4n) is 9.00. The average Bonchev–Trinajstić information content (AvgIpc) is 4.15. The molecule has 324 valence electrons. The number of benzene rings is 2. The Morgan fingerprint density at radius 3 is 1.82 bits per heavy atom. The third-order valence-electron chi connectivity index (χ3n) is 12.3. The molecule has 4 N–H and O–H groups in total. The largest absolute Gasteiger partial charge is 0.453 e. The maximum atomic E-state index is 14.0. The molecule has 0 aliphatic carbocycles. The minimum absolute atomic E-state index is 0.0348. The smallest absolute Gasteiger partial charge is 0.407 e. The number of carbonyl (C=O) groups excluding carboxylic acids is 4. The normalized spacial score (nSPS) is 21.1. The average molecular weight is 839 g/mol. The summed E-state index contributed by atoms with van der Waals surface area (Å²) >= 11 is 0. The maximum absolute atomic E-state index is 14.0. The minimum Gasteiger partial charge on any atom is -0.453 e. The number of nitrogens with one attached hydrogen (secondary N) is 4.